The van der Waals surface area contributed by atoms with Gasteiger partial charge in [0.25, 0.3) is 5.56 Å². The van der Waals surface area contributed by atoms with Crippen molar-refractivity contribution in [3.63, 3.8) is 0 Å². The summed E-state index contributed by atoms with van der Waals surface area (Å²) >= 11 is 0. The van der Waals surface area contributed by atoms with Gasteiger partial charge in [0.15, 0.2) is 11.5 Å². The van der Waals surface area contributed by atoms with Gasteiger partial charge in [0.2, 0.25) is 10.0 Å². The Bertz CT molecular complexity index is 1490. The van der Waals surface area contributed by atoms with Crippen LogP contribution >= 0.6 is 0 Å². The lowest BCUT2D eigenvalue weighted by molar-refractivity contribution is 0.171. The standard InChI is InChI=1S/C24H22N2O7S/c1-30-18-5-4-16-11-17(24(27)25-21(16)12-18)14-26(15-19-3-2-8-31-19)34(28,29)20-6-7-22-23(13-20)33-10-9-32-22/h2-8,11-13H,9-10,14-15H2,1H3,(H,25,27). The zero-order valence-electron chi connectivity index (χ0n) is 18.3. The number of hydrogen-bond donors (Lipinski definition) is 1. The van der Waals surface area contributed by atoms with Crippen LogP contribution in [0.2, 0.25) is 0 Å². The first kappa shape index (κ1) is 22.1. The second kappa shape index (κ2) is 8.88. The molecule has 10 heteroatoms. The third-order valence-corrected chi connectivity index (χ3v) is 7.33. The van der Waals surface area contributed by atoms with E-state index in [2.05, 4.69) is 4.98 Å². The summed E-state index contributed by atoms with van der Waals surface area (Å²) < 4.78 is 50.2. The summed E-state index contributed by atoms with van der Waals surface area (Å²) in [5.41, 5.74) is 0.508. The summed E-state index contributed by atoms with van der Waals surface area (Å²) in [7, 11) is -2.48. The number of rotatable bonds is 7. The smallest absolute Gasteiger partial charge is 0.252 e. The summed E-state index contributed by atoms with van der Waals surface area (Å²) in [6, 6.07) is 14.8. The van der Waals surface area contributed by atoms with Crippen LogP contribution in [0.25, 0.3) is 10.9 Å². The molecule has 0 bridgehead atoms. The first-order valence-corrected chi connectivity index (χ1v) is 12.0. The number of benzene rings is 2. The van der Waals surface area contributed by atoms with Crippen molar-refractivity contribution in [1.82, 2.24) is 9.29 Å². The van der Waals surface area contributed by atoms with Crippen LogP contribution in [0, 0.1) is 0 Å². The maximum atomic E-state index is 13.7. The van der Waals surface area contributed by atoms with Crippen molar-refractivity contribution in [1.29, 1.82) is 0 Å². The average Bonchev–Trinajstić information content (AvgIpc) is 3.36. The topological polar surface area (TPSA) is 111 Å². The number of hydrogen-bond acceptors (Lipinski definition) is 7. The van der Waals surface area contributed by atoms with Crippen molar-refractivity contribution in [3.8, 4) is 17.2 Å². The maximum Gasteiger partial charge on any atom is 0.252 e. The van der Waals surface area contributed by atoms with E-state index < -0.39 is 10.0 Å². The van der Waals surface area contributed by atoms with Crippen LogP contribution in [0.4, 0.5) is 0 Å². The summed E-state index contributed by atoms with van der Waals surface area (Å²) in [6.45, 7) is 0.531. The number of aromatic nitrogens is 1. The Labute approximate surface area is 195 Å². The molecule has 0 saturated heterocycles. The number of fused-ring (bicyclic) bond motifs is 2. The number of methoxy groups -OCH3 is 1. The van der Waals surface area contributed by atoms with Crippen molar-refractivity contribution in [2.24, 2.45) is 0 Å². The van der Waals surface area contributed by atoms with Crippen LogP contribution in [-0.2, 0) is 23.1 Å². The van der Waals surface area contributed by atoms with Gasteiger partial charge in [-0.2, -0.15) is 4.31 Å². The van der Waals surface area contributed by atoms with Gasteiger partial charge >= 0.3 is 0 Å². The SMILES string of the molecule is COc1ccc2cc(CN(Cc3ccco3)S(=O)(=O)c3ccc4c(c3)OCCO4)c(=O)[nH]c2c1. The molecule has 2 aromatic carbocycles. The molecule has 1 aliphatic rings. The molecule has 0 unspecified atom stereocenters. The van der Waals surface area contributed by atoms with Gasteiger partial charge in [-0.15, -0.1) is 0 Å². The summed E-state index contributed by atoms with van der Waals surface area (Å²) in [5.74, 6) is 1.91. The number of pyridine rings is 1. The van der Waals surface area contributed by atoms with Crippen molar-refractivity contribution in [2.45, 2.75) is 18.0 Å². The van der Waals surface area contributed by atoms with Crippen molar-refractivity contribution >= 4 is 20.9 Å². The van der Waals surface area contributed by atoms with Crippen molar-refractivity contribution < 1.29 is 27.0 Å². The quantitative estimate of drug-likeness (QED) is 0.430. The minimum atomic E-state index is -4.02. The van der Waals surface area contributed by atoms with E-state index in [9.17, 15) is 13.2 Å². The van der Waals surface area contributed by atoms with E-state index >= 15 is 0 Å². The minimum Gasteiger partial charge on any atom is -0.497 e. The molecular weight excluding hydrogens is 460 g/mol. The molecule has 1 aliphatic heterocycles. The van der Waals surface area contributed by atoms with E-state index in [-0.39, 0.29) is 23.5 Å². The molecule has 176 valence electrons. The van der Waals surface area contributed by atoms with Gasteiger partial charge in [-0.05, 0) is 47.9 Å². The Morgan fingerprint density at radius 1 is 1.00 bits per heavy atom. The molecule has 0 atom stereocenters. The van der Waals surface area contributed by atoms with E-state index in [1.807, 2.05) is 0 Å². The summed E-state index contributed by atoms with van der Waals surface area (Å²) in [5, 5.41) is 0.755. The zero-order valence-corrected chi connectivity index (χ0v) is 19.1. The van der Waals surface area contributed by atoms with Gasteiger partial charge in [-0.1, -0.05) is 0 Å². The highest BCUT2D eigenvalue weighted by atomic mass is 32.2. The lowest BCUT2D eigenvalue weighted by atomic mass is 10.1. The monoisotopic (exact) mass is 482 g/mol. The van der Waals surface area contributed by atoms with Crippen molar-refractivity contribution in [2.75, 3.05) is 20.3 Å². The second-order valence-corrected chi connectivity index (χ2v) is 9.67. The highest BCUT2D eigenvalue weighted by Crippen LogP contribution is 2.34. The number of H-pyrrole nitrogens is 1. The van der Waals surface area contributed by atoms with Gasteiger partial charge < -0.3 is 23.6 Å². The molecule has 0 spiro atoms. The second-order valence-electron chi connectivity index (χ2n) is 7.73. The summed E-state index contributed by atoms with van der Waals surface area (Å²) in [4.78, 5) is 15.7. The van der Waals surface area contributed by atoms with E-state index in [0.717, 1.165) is 5.39 Å². The Kier molecular flexibility index (Phi) is 5.76. The first-order valence-electron chi connectivity index (χ1n) is 10.6. The van der Waals surface area contributed by atoms with Gasteiger partial charge in [-0.3, -0.25) is 4.79 Å². The van der Waals surface area contributed by atoms with Crippen molar-refractivity contribution in [3.05, 3.63) is 82.5 Å². The number of aromatic amines is 1. The van der Waals surface area contributed by atoms with Crippen LogP contribution in [0.15, 0.2) is 75.0 Å². The molecule has 0 amide bonds. The average molecular weight is 483 g/mol. The zero-order chi connectivity index (χ0) is 23.7. The molecule has 0 radical (unpaired) electrons. The number of furan rings is 1. The molecule has 2 aromatic heterocycles. The van der Waals surface area contributed by atoms with Crippen LogP contribution in [0.1, 0.15) is 11.3 Å². The molecule has 0 aliphatic carbocycles. The maximum absolute atomic E-state index is 13.7. The molecule has 5 rings (SSSR count). The molecular formula is C24H22N2O7S. The van der Waals surface area contributed by atoms with Crippen LogP contribution in [0.3, 0.4) is 0 Å². The fraction of sp³-hybridized carbons (Fsp3) is 0.208. The third kappa shape index (κ3) is 4.25. The predicted octanol–water partition coefficient (Wildman–Crippen LogP) is 3.29. The number of ether oxygens (including phenoxy) is 3. The normalized spacial score (nSPS) is 13.4. The highest BCUT2D eigenvalue weighted by Gasteiger charge is 2.28. The summed E-state index contributed by atoms with van der Waals surface area (Å²) in [6.07, 6.45) is 1.47. The minimum absolute atomic E-state index is 0.0326. The molecule has 0 saturated carbocycles. The third-order valence-electron chi connectivity index (χ3n) is 5.54. The van der Waals surface area contributed by atoms with Gasteiger partial charge in [0.1, 0.15) is 24.7 Å². The van der Waals surface area contributed by atoms with E-state index in [4.69, 9.17) is 18.6 Å². The van der Waals surface area contributed by atoms with Crippen LogP contribution in [0.5, 0.6) is 17.2 Å². The van der Waals surface area contributed by atoms with E-state index in [1.54, 1.807) is 49.6 Å². The van der Waals surface area contributed by atoms with Gasteiger partial charge in [0.05, 0.1) is 30.3 Å². The van der Waals surface area contributed by atoms with E-state index in [1.165, 1.54) is 22.7 Å². The molecule has 9 nitrogen and oxygen atoms in total. The predicted molar refractivity (Wildman–Crippen MR) is 124 cm³/mol. The number of nitrogens with zero attached hydrogens (tertiary/aromatic N) is 1. The molecule has 0 fully saturated rings. The Morgan fingerprint density at radius 3 is 2.59 bits per heavy atom. The van der Waals surface area contributed by atoms with E-state index in [0.29, 0.717) is 47.3 Å². The highest BCUT2D eigenvalue weighted by molar-refractivity contribution is 7.89. The Morgan fingerprint density at radius 2 is 1.82 bits per heavy atom. The van der Waals surface area contributed by atoms with Gasteiger partial charge in [0, 0.05) is 24.2 Å². The lowest BCUT2D eigenvalue weighted by Crippen LogP contribution is -2.32. The molecule has 1 N–H and O–H groups in total. The molecule has 4 aromatic rings. The van der Waals surface area contributed by atoms with Crippen LogP contribution < -0.4 is 19.8 Å². The number of nitrogens with one attached hydrogen (secondary N) is 1. The number of sulfonamides is 1. The Balaban J connectivity index is 1.54. The molecule has 3 heterocycles. The fourth-order valence-corrected chi connectivity index (χ4v) is 5.20. The largest absolute Gasteiger partial charge is 0.497 e. The van der Waals surface area contributed by atoms with Crippen LogP contribution in [-0.4, -0.2) is 38.0 Å². The Hall–Kier alpha value is -3.76. The van der Waals surface area contributed by atoms with Gasteiger partial charge in [-0.25, -0.2) is 8.42 Å². The lowest BCUT2D eigenvalue weighted by Gasteiger charge is -2.23. The fourth-order valence-electron chi connectivity index (χ4n) is 3.80. The molecule has 34 heavy (non-hydrogen) atoms. The first-order chi connectivity index (χ1) is 16.4.